The molecular weight excluding hydrogens is 286 g/mol. The fraction of sp³-hybridized carbons (Fsp3) is 0.867. The molecule has 0 spiro atoms. The van der Waals surface area contributed by atoms with Gasteiger partial charge in [0.25, 0.3) is 0 Å². The van der Waals surface area contributed by atoms with E-state index in [1.807, 2.05) is 4.90 Å². The van der Waals surface area contributed by atoms with Crippen LogP contribution in [0.1, 0.15) is 12.8 Å². The number of morpholine rings is 1. The van der Waals surface area contributed by atoms with Crippen LogP contribution in [0, 0.1) is 5.92 Å². The summed E-state index contributed by atoms with van der Waals surface area (Å²) in [6.45, 7) is 4.40. The molecule has 0 saturated carbocycles. The van der Waals surface area contributed by atoms with Gasteiger partial charge in [-0.3, -0.25) is 14.5 Å². The number of carbonyl (C=O) groups is 2. The summed E-state index contributed by atoms with van der Waals surface area (Å²) in [5, 5.41) is 2.66. The minimum Gasteiger partial charge on any atom is -0.381 e. The molecule has 0 unspecified atom stereocenters. The van der Waals surface area contributed by atoms with E-state index >= 15 is 0 Å². The van der Waals surface area contributed by atoms with Gasteiger partial charge in [0.1, 0.15) is 0 Å². The lowest BCUT2D eigenvalue weighted by Gasteiger charge is -2.35. The van der Waals surface area contributed by atoms with Gasteiger partial charge < -0.3 is 19.7 Å². The second-order valence-electron chi connectivity index (χ2n) is 6.25. The first-order valence-electron chi connectivity index (χ1n) is 8.12. The van der Waals surface area contributed by atoms with Crippen LogP contribution in [0.15, 0.2) is 0 Å². The number of likely N-dealkylation sites (tertiary alicyclic amines) is 1. The van der Waals surface area contributed by atoms with Crippen LogP contribution in [0.4, 0.5) is 0 Å². The summed E-state index contributed by atoms with van der Waals surface area (Å²) in [6.07, 6.45) is 1.66. The molecule has 0 radical (unpaired) electrons. The van der Waals surface area contributed by atoms with E-state index < -0.39 is 0 Å². The van der Waals surface area contributed by atoms with Crippen molar-refractivity contribution in [2.75, 3.05) is 53.0 Å². The van der Waals surface area contributed by atoms with E-state index in [0.717, 1.165) is 19.4 Å². The molecule has 0 aliphatic carbocycles. The molecule has 3 aliphatic heterocycles. The second kappa shape index (κ2) is 6.93. The molecule has 3 heterocycles. The highest BCUT2D eigenvalue weighted by molar-refractivity contribution is 5.79. The van der Waals surface area contributed by atoms with Crippen molar-refractivity contribution in [3.63, 3.8) is 0 Å². The van der Waals surface area contributed by atoms with E-state index in [9.17, 15) is 9.59 Å². The maximum Gasteiger partial charge on any atom is 0.233 e. The Morgan fingerprint density at radius 3 is 2.68 bits per heavy atom. The molecule has 7 heteroatoms. The molecule has 0 aromatic heterocycles. The van der Waals surface area contributed by atoms with Crippen LogP contribution in [0.5, 0.6) is 0 Å². The summed E-state index contributed by atoms with van der Waals surface area (Å²) in [4.78, 5) is 28.4. The van der Waals surface area contributed by atoms with Crippen molar-refractivity contribution in [2.24, 2.45) is 5.92 Å². The van der Waals surface area contributed by atoms with Crippen LogP contribution in [0.2, 0.25) is 0 Å². The summed E-state index contributed by atoms with van der Waals surface area (Å²) in [5.74, 6) is 0.317. The Bertz CT molecular complexity index is 425. The molecule has 7 nitrogen and oxygen atoms in total. The Hall–Kier alpha value is -1.18. The van der Waals surface area contributed by atoms with Crippen molar-refractivity contribution < 1.29 is 19.1 Å². The number of rotatable bonds is 3. The molecule has 0 aromatic carbocycles. The Morgan fingerprint density at radius 2 is 1.95 bits per heavy atom. The molecular formula is C15H25N3O4. The average molecular weight is 311 g/mol. The standard InChI is InChI=1S/C15H25N3O4/c1-16-14(19)10-17-4-7-22-13-9-18(8-12(13)17)15(20)11-2-5-21-6-3-11/h11-13H,2-10H2,1H3,(H,16,19)/t12-,13+/m1/s1. The number of carbonyl (C=O) groups excluding carboxylic acids is 2. The van der Waals surface area contributed by atoms with Gasteiger partial charge in [-0.15, -0.1) is 0 Å². The zero-order chi connectivity index (χ0) is 15.5. The number of likely N-dealkylation sites (N-methyl/N-ethyl adjacent to an activating group) is 1. The largest absolute Gasteiger partial charge is 0.381 e. The number of nitrogens with one attached hydrogen (secondary N) is 1. The summed E-state index contributed by atoms with van der Waals surface area (Å²) >= 11 is 0. The lowest BCUT2D eigenvalue weighted by atomic mass is 9.99. The van der Waals surface area contributed by atoms with E-state index in [-0.39, 0.29) is 29.9 Å². The third-order valence-corrected chi connectivity index (χ3v) is 4.92. The van der Waals surface area contributed by atoms with E-state index in [4.69, 9.17) is 9.47 Å². The van der Waals surface area contributed by atoms with Gasteiger partial charge in [0.05, 0.1) is 25.3 Å². The van der Waals surface area contributed by atoms with Crippen LogP contribution in [0.3, 0.4) is 0 Å². The molecule has 124 valence electrons. The minimum absolute atomic E-state index is 0.00913. The first-order chi connectivity index (χ1) is 10.7. The highest BCUT2D eigenvalue weighted by Crippen LogP contribution is 2.26. The summed E-state index contributed by atoms with van der Waals surface area (Å²) in [5.41, 5.74) is 0. The molecule has 0 bridgehead atoms. The molecule has 3 saturated heterocycles. The van der Waals surface area contributed by atoms with Crippen molar-refractivity contribution in [1.82, 2.24) is 15.1 Å². The molecule has 0 aromatic rings. The first-order valence-corrected chi connectivity index (χ1v) is 8.12. The summed E-state index contributed by atoms with van der Waals surface area (Å²) < 4.78 is 11.2. The number of ether oxygens (including phenoxy) is 2. The minimum atomic E-state index is 0.00913. The number of hydrogen-bond acceptors (Lipinski definition) is 5. The molecule has 3 rings (SSSR count). The van der Waals surface area contributed by atoms with E-state index in [1.54, 1.807) is 7.05 Å². The fourth-order valence-electron chi connectivity index (χ4n) is 3.60. The van der Waals surface area contributed by atoms with Crippen LogP contribution >= 0.6 is 0 Å². The first kappa shape index (κ1) is 15.7. The Balaban J connectivity index is 1.61. The van der Waals surface area contributed by atoms with Gasteiger partial charge in [-0.05, 0) is 12.8 Å². The van der Waals surface area contributed by atoms with Crippen molar-refractivity contribution >= 4 is 11.8 Å². The van der Waals surface area contributed by atoms with Gasteiger partial charge >= 0.3 is 0 Å². The van der Waals surface area contributed by atoms with Crippen LogP contribution in [-0.4, -0.2) is 86.8 Å². The third kappa shape index (κ3) is 3.26. The predicted octanol–water partition coefficient (Wildman–Crippen LogP) is -0.929. The van der Waals surface area contributed by atoms with Crippen molar-refractivity contribution in [3.8, 4) is 0 Å². The van der Waals surface area contributed by atoms with Crippen LogP contribution in [-0.2, 0) is 19.1 Å². The summed E-state index contributed by atoms with van der Waals surface area (Å²) in [6, 6.07) is 0.134. The highest BCUT2D eigenvalue weighted by atomic mass is 16.5. The normalized spacial score (nSPS) is 30.1. The van der Waals surface area contributed by atoms with Crippen molar-refractivity contribution in [3.05, 3.63) is 0 Å². The molecule has 1 N–H and O–H groups in total. The quantitative estimate of drug-likeness (QED) is 0.729. The lowest BCUT2D eigenvalue weighted by molar-refractivity contribution is -0.137. The van der Waals surface area contributed by atoms with Gasteiger partial charge in [-0.1, -0.05) is 0 Å². The van der Waals surface area contributed by atoms with Gasteiger partial charge in [0.2, 0.25) is 11.8 Å². The van der Waals surface area contributed by atoms with Crippen LogP contribution in [0.25, 0.3) is 0 Å². The molecule has 2 atom stereocenters. The molecule has 22 heavy (non-hydrogen) atoms. The predicted molar refractivity (Wildman–Crippen MR) is 79.3 cm³/mol. The van der Waals surface area contributed by atoms with Gasteiger partial charge in [0.15, 0.2) is 0 Å². The van der Waals surface area contributed by atoms with E-state index in [2.05, 4.69) is 10.2 Å². The summed E-state index contributed by atoms with van der Waals surface area (Å²) in [7, 11) is 1.65. The van der Waals surface area contributed by atoms with E-state index in [1.165, 1.54) is 0 Å². The highest BCUT2D eigenvalue weighted by Gasteiger charge is 2.43. The smallest absolute Gasteiger partial charge is 0.233 e. The Morgan fingerprint density at radius 1 is 1.18 bits per heavy atom. The Kier molecular flexibility index (Phi) is 4.95. The maximum atomic E-state index is 12.6. The zero-order valence-corrected chi connectivity index (χ0v) is 13.1. The lowest BCUT2D eigenvalue weighted by Crippen LogP contribution is -2.53. The number of hydrogen-bond donors (Lipinski definition) is 1. The Labute approximate surface area is 130 Å². The van der Waals surface area contributed by atoms with Gasteiger partial charge in [0, 0.05) is 45.8 Å². The van der Waals surface area contributed by atoms with Gasteiger partial charge in [-0.25, -0.2) is 0 Å². The van der Waals surface area contributed by atoms with Crippen molar-refractivity contribution in [2.45, 2.75) is 25.0 Å². The number of amides is 2. The zero-order valence-electron chi connectivity index (χ0n) is 13.1. The third-order valence-electron chi connectivity index (χ3n) is 4.92. The topological polar surface area (TPSA) is 71.1 Å². The van der Waals surface area contributed by atoms with Gasteiger partial charge in [-0.2, -0.15) is 0 Å². The maximum absolute atomic E-state index is 12.6. The molecule has 2 amide bonds. The monoisotopic (exact) mass is 311 g/mol. The van der Waals surface area contributed by atoms with Crippen molar-refractivity contribution in [1.29, 1.82) is 0 Å². The SMILES string of the molecule is CNC(=O)CN1CCO[C@H]2CN(C(=O)C3CCOCC3)C[C@H]21. The van der Waals surface area contributed by atoms with E-state index in [0.29, 0.717) is 39.5 Å². The molecule has 3 fully saturated rings. The fourth-order valence-corrected chi connectivity index (χ4v) is 3.60. The number of nitrogens with zero attached hydrogens (tertiary/aromatic N) is 2. The number of fused-ring (bicyclic) bond motifs is 1. The van der Waals surface area contributed by atoms with Crippen LogP contribution < -0.4 is 5.32 Å². The second-order valence-corrected chi connectivity index (χ2v) is 6.25. The molecule has 3 aliphatic rings. The average Bonchev–Trinajstić information content (AvgIpc) is 3.00.